The largest absolute Gasteiger partial charge is 0.384 e. The van der Waals surface area contributed by atoms with E-state index in [0.29, 0.717) is 10.9 Å². The summed E-state index contributed by atoms with van der Waals surface area (Å²) in [5.41, 5.74) is 9.25. The van der Waals surface area contributed by atoms with Crippen LogP contribution in [0.3, 0.4) is 0 Å². The maximum Gasteiger partial charge on any atom is 0.124 e. The third-order valence-corrected chi connectivity index (χ3v) is 4.62. The number of nitrogens with two attached hydrogens (primary N) is 1. The number of rotatable bonds is 5. The van der Waals surface area contributed by atoms with Crippen LogP contribution in [0.25, 0.3) is 6.08 Å². The Morgan fingerprint density at radius 3 is 2.36 bits per heavy atom. The zero-order valence-electron chi connectivity index (χ0n) is 14.4. The summed E-state index contributed by atoms with van der Waals surface area (Å²) in [5.74, 6) is 0.472. The van der Waals surface area contributed by atoms with Crippen molar-refractivity contribution in [2.24, 2.45) is 10.7 Å². The molecular formula is C21H24ClN3. The van der Waals surface area contributed by atoms with Crippen LogP contribution >= 0.6 is 11.6 Å². The minimum Gasteiger partial charge on any atom is -0.384 e. The van der Waals surface area contributed by atoms with E-state index in [-0.39, 0.29) is 0 Å². The van der Waals surface area contributed by atoms with Crippen molar-refractivity contribution in [3.05, 3.63) is 70.8 Å². The van der Waals surface area contributed by atoms with Crippen LogP contribution in [0.1, 0.15) is 30.4 Å². The Hall–Kier alpha value is -2.10. The van der Waals surface area contributed by atoms with Gasteiger partial charge in [-0.15, -0.1) is 0 Å². The van der Waals surface area contributed by atoms with Crippen molar-refractivity contribution in [3.63, 3.8) is 0 Å². The SMILES string of the molecule is NC(C=Cc1ccc(CN2CCCCC2)cc1)=Nc1ccc(Cl)cc1. The van der Waals surface area contributed by atoms with Gasteiger partial charge in [-0.2, -0.15) is 0 Å². The molecule has 1 fully saturated rings. The van der Waals surface area contributed by atoms with Gasteiger partial charge in [0.2, 0.25) is 0 Å². The molecule has 3 nitrogen and oxygen atoms in total. The Kier molecular flexibility index (Phi) is 6.26. The van der Waals surface area contributed by atoms with E-state index in [0.717, 1.165) is 17.8 Å². The van der Waals surface area contributed by atoms with Gasteiger partial charge < -0.3 is 5.73 Å². The molecule has 0 aromatic heterocycles. The fraction of sp³-hybridized carbons (Fsp3) is 0.286. The fourth-order valence-electron chi connectivity index (χ4n) is 2.99. The predicted octanol–water partition coefficient (Wildman–Crippen LogP) is 5.03. The molecule has 0 aliphatic carbocycles. The molecule has 130 valence electrons. The maximum absolute atomic E-state index is 5.97. The van der Waals surface area contributed by atoms with Gasteiger partial charge >= 0.3 is 0 Å². The average Bonchev–Trinajstić information content (AvgIpc) is 2.64. The van der Waals surface area contributed by atoms with Crippen molar-refractivity contribution < 1.29 is 0 Å². The van der Waals surface area contributed by atoms with Crippen molar-refractivity contribution in [3.8, 4) is 0 Å². The molecular weight excluding hydrogens is 330 g/mol. The lowest BCUT2D eigenvalue weighted by molar-refractivity contribution is 0.221. The number of hydrogen-bond acceptors (Lipinski definition) is 2. The first-order valence-corrected chi connectivity index (χ1v) is 9.16. The Bertz CT molecular complexity index is 727. The highest BCUT2D eigenvalue weighted by atomic mass is 35.5. The summed E-state index contributed by atoms with van der Waals surface area (Å²) in [6, 6.07) is 16.0. The molecule has 2 aromatic rings. The molecule has 1 heterocycles. The van der Waals surface area contributed by atoms with E-state index in [2.05, 4.69) is 34.2 Å². The Labute approximate surface area is 154 Å². The van der Waals surface area contributed by atoms with Crippen molar-refractivity contribution in [1.82, 2.24) is 4.90 Å². The van der Waals surface area contributed by atoms with Gasteiger partial charge in [0.25, 0.3) is 0 Å². The highest BCUT2D eigenvalue weighted by Gasteiger charge is 2.09. The molecule has 0 saturated carbocycles. The highest BCUT2D eigenvalue weighted by molar-refractivity contribution is 6.30. The van der Waals surface area contributed by atoms with Crippen LogP contribution in [0, 0.1) is 0 Å². The minimum absolute atomic E-state index is 0.472. The van der Waals surface area contributed by atoms with Crippen LogP contribution in [0.15, 0.2) is 59.6 Å². The van der Waals surface area contributed by atoms with Crippen LogP contribution in [-0.4, -0.2) is 23.8 Å². The molecule has 0 radical (unpaired) electrons. The molecule has 1 saturated heterocycles. The zero-order valence-corrected chi connectivity index (χ0v) is 15.1. The lowest BCUT2D eigenvalue weighted by Crippen LogP contribution is -2.29. The quantitative estimate of drug-likeness (QED) is 0.605. The lowest BCUT2D eigenvalue weighted by Gasteiger charge is -2.26. The number of likely N-dealkylation sites (tertiary alicyclic amines) is 1. The fourth-order valence-corrected chi connectivity index (χ4v) is 3.12. The monoisotopic (exact) mass is 353 g/mol. The standard InChI is InChI=1S/C21H24ClN3/c22-19-9-11-20(12-10-19)24-21(23)13-8-17-4-6-18(7-5-17)16-25-14-2-1-3-15-25/h4-13H,1-3,14-16H2,(H2,23,24). The van der Waals surface area contributed by atoms with E-state index >= 15 is 0 Å². The molecule has 0 atom stereocenters. The first kappa shape index (κ1) is 17.7. The van der Waals surface area contributed by atoms with Gasteiger partial charge in [0.15, 0.2) is 0 Å². The normalized spacial score (nSPS) is 16.4. The smallest absolute Gasteiger partial charge is 0.124 e. The van der Waals surface area contributed by atoms with E-state index in [1.807, 2.05) is 24.3 Å². The Balaban J connectivity index is 1.58. The van der Waals surface area contributed by atoms with Crippen LogP contribution in [0.2, 0.25) is 5.02 Å². The summed E-state index contributed by atoms with van der Waals surface area (Å²) >= 11 is 5.87. The number of halogens is 1. The molecule has 0 amide bonds. The van der Waals surface area contributed by atoms with E-state index in [1.54, 1.807) is 12.1 Å². The molecule has 2 aromatic carbocycles. The van der Waals surface area contributed by atoms with Gasteiger partial charge in [0.1, 0.15) is 5.84 Å². The molecule has 3 rings (SSSR count). The number of nitrogens with zero attached hydrogens (tertiary/aromatic N) is 2. The predicted molar refractivity (Wildman–Crippen MR) is 107 cm³/mol. The molecule has 0 unspecified atom stereocenters. The average molecular weight is 354 g/mol. The lowest BCUT2D eigenvalue weighted by atomic mass is 10.1. The molecule has 0 bridgehead atoms. The van der Waals surface area contributed by atoms with Crippen molar-refractivity contribution in [1.29, 1.82) is 0 Å². The topological polar surface area (TPSA) is 41.6 Å². The van der Waals surface area contributed by atoms with Gasteiger partial charge in [0.05, 0.1) is 5.69 Å². The van der Waals surface area contributed by atoms with Crippen LogP contribution < -0.4 is 5.73 Å². The molecule has 2 N–H and O–H groups in total. The van der Waals surface area contributed by atoms with Crippen LogP contribution in [0.5, 0.6) is 0 Å². The van der Waals surface area contributed by atoms with Crippen molar-refractivity contribution >= 4 is 29.2 Å². The summed E-state index contributed by atoms with van der Waals surface area (Å²) in [5, 5.41) is 0.692. The molecule has 4 heteroatoms. The number of aliphatic imine (C=N–C) groups is 1. The van der Waals surface area contributed by atoms with Gasteiger partial charge in [-0.1, -0.05) is 48.4 Å². The zero-order chi connectivity index (χ0) is 17.5. The van der Waals surface area contributed by atoms with E-state index in [1.165, 1.54) is 37.9 Å². The van der Waals surface area contributed by atoms with Gasteiger partial charge in [-0.25, -0.2) is 4.99 Å². The van der Waals surface area contributed by atoms with Crippen LogP contribution in [0.4, 0.5) is 5.69 Å². The minimum atomic E-state index is 0.472. The first-order valence-electron chi connectivity index (χ1n) is 8.78. The van der Waals surface area contributed by atoms with E-state index < -0.39 is 0 Å². The second-order valence-corrected chi connectivity index (χ2v) is 6.86. The number of amidine groups is 1. The summed E-state index contributed by atoms with van der Waals surface area (Å²) in [7, 11) is 0. The molecule has 1 aliphatic rings. The van der Waals surface area contributed by atoms with Crippen LogP contribution in [-0.2, 0) is 6.54 Å². The van der Waals surface area contributed by atoms with Crippen molar-refractivity contribution in [2.45, 2.75) is 25.8 Å². The second kappa shape index (κ2) is 8.84. The van der Waals surface area contributed by atoms with E-state index in [4.69, 9.17) is 17.3 Å². The first-order chi connectivity index (χ1) is 12.2. The van der Waals surface area contributed by atoms with Gasteiger partial charge in [0, 0.05) is 11.6 Å². The molecule has 25 heavy (non-hydrogen) atoms. The van der Waals surface area contributed by atoms with Crippen molar-refractivity contribution in [2.75, 3.05) is 13.1 Å². The third-order valence-electron chi connectivity index (χ3n) is 4.37. The Morgan fingerprint density at radius 2 is 1.68 bits per heavy atom. The van der Waals surface area contributed by atoms with E-state index in [9.17, 15) is 0 Å². The summed E-state index contributed by atoms with van der Waals surface area (Å²) in [6.07, 6.45) is 7.84. The highest BCUT2D eigenvalue weighted by Crippen LogP contribution is 2.17. The number of piperidine rings is 1. The summed E-state index contributed by atoms with van der Waals surface area (Å²) < 4.78 is 0. The molecule has 0 spiro atoms. The number of hydrogen-bond donors (Lipinski definition) is 1. The van der Waals surface area contributed by atoms with Gasteiger partial charge in [-0.3, -0.25) is 4.90 Å². The number of benzene rings is 2. The Morgan fingerprint density at radius 1 is 1.00 bits per heavy atom. The third kappa shape index (κ3) is 5.73. The molecule has 1 aliphatic heterocycles. The second-order valence-electron chi connectivity index (χ2n) is 6.42. The summed E-state index contributed by atoms with van der Waals surface area (Å²) in [6.45, 7) is 3.49. The van der Waals surface area contributed by atoms with Gasteiger partial charge in [-0.05, 0) is 67.4 Å². The maximum atomic E-state index is 5.97. The summed E-state index contributed by atoms with van der Waals surface area (Å²) in [4.78, 5) is 6.89.